The monoisotopic (exact) mass is 198 g/mol. The maximum Gasteiger partial charge on any atom is 0.505 e. The van der Waals surface area contributed by atoms with E-state index in [1.807, 2.05) is 0 Å². The highest BCUT2D eigenvalue weighted by Crippen LogP contribution is 2.35. The van der Waals surface area contributed by atoms with Gasteiger partial charge in [0.25, 0.3) is 0 Å². The lowest BCUT2D eigenvalue weighted by Crippen LogP contribution is -2.08. The van der Waals surface area contributed by atoms with E-state index < -0.39 is 26.0 Å². The first-order chi connectivity index (χ1) is 5.31. The van der Waals surface area contributed by atoms with Gasteiger partial charge in [0.1, 0.15) is 12.2 Å². The molecular weight excluding hydrogens is 191 g/mol. The molecule has 0 aromatic heterocycles. The maximum atomic E-state index is 10.4. The second-order valence-corrected chi connectivity index (χ2v) is 3.03. The van der Waals surface area contributed by atoms with Crippen molar-refractivity contribution >= 4 is 19.6 Å². The molecule has 0 bridgehead atoms. The van der Waals surface area contributed by atoms with Crippen LogP contribution in [0.15, 0.2) is 0 Å². The average molecular weight is 198 g/mol. The number of carbonyl (C=O) groups is 2. The third kappa shape index (κ3) is 7.36. The zero-order valence-corrected chi connectivity index (χ0v) is 6.98. The molecule has 0 fully saturated rings. The van der Waals surface area contributed by atoms with Crippen LogP contribution in [-0.4, -0.2) is 21.5 Å². The average Bonchev–Trinajstić information content (AvgIpc) is 1.80. The summed E-state index contributed by atoms with van der Waals surface area (Å²) in [6.45, 7) is 1.12. The summed E-state index contributed by atoms with van der Waals surface area (Å²) >= 11 is 0. The Kier molecular flexibility index (Phi) is 4.05. The van der Waals surface area contributed by atoms with Gasteiger partial charge >= 0.3 is 13.8 Å². The van der Waals surface area contributed by atoms with Crippen LogP contribution in [0.25, 0.3) is 0 Å². The van der Waals surface area contributed by atoms with E-state index in [4.69, 9.17) is 9.79 Å². The van der Waals surface area contributed by atoms with Crippen LogP contribution in [0.2, 0.25) is 0 Å². The molecule has 0 unspecified atom stereocenters. The fraction of sp³-hybridized carbons (Fsp3) is 0.500. The fourth-order valence-corrected chi connectivity index (χ4v) is 0.503. The number of carbonyl (C=O) groups excluding carboxylic acids is 2. The Morgan fingerprint density at radius 2 is 1.92 bits per heavy atom. The quantitative estimate of drug-likeness (QED) is 0.272. The minimum atomic E-state index is -4.82. The van der Waals surface area contributed by atoms with Gasteiger partial charge < -0.3 is 9.79 Å². The fourth-order valence-electron chi connectivity index (χ4n) is 0.323. The summed E-state index contributed by atoms with van der Waals surface area (Å²) in [5.74, 6) is -1.64. The third-order valence-electron chi connectivity index (χ3n) is 0.621. The molecule has 0 radical (unpaired) electrons. The number of hydrogen-bond donors (Lipinski definition) is 2. The van der Waals surface area contributed by atoms with Gasteiger partial charge in [-0.2, -0.15) is 0 Å². The van der Waals surface area contributed by atoms with Gasteiger partial charge in [0.15, 0.2) is 0 Å². The first-order valence-electron chi connectivity index (χ1n) is 2.75. The SMILES string of the molecule is CC(=O)CC(=O)OOP(=O)(O)O. The molecular formula is C4H7O7P. The van der Waals surface area contributed by atoms with E-state index in [0.29, 0.717) is 0 Å². The van der Waals surface area contributed by atoms with Gasteiger partial charge in [-0.1, -0.05) is 4.67 Å². The molecule has 0 aliphatic carbocycles. The van der Waals surface area contributed by atoms with Crippen molar-refractivity contribution in [3.63, 3.8) is 0 Å². The molecule has 0 spiro atoms. The van der Waals surface area contributed by atoms with E-state index in [9.17, 15) is 14.2 Å². The number of rotatable bonds is 4. The smallest absolute Gasteiger partial charge is 0.301 e. The Balaban J connectivity index is 3.73. The van der Waals surface area contributed by atoms with Crippen LogP contribution < -0.4 is 0 Å². The van der Waals surface area contributed by atoms with Gasteiger partial charge in [-0.3, -0.25) is 9.68 Å². The summed E-state index contributed by atoms with van der Waals surface area (Å²) in [6.07, 6.45) is -0.583. The van der Waals surface area contributed by atoms with Crippen LogP contribution >= 0.6 is 7.82 Å². The first kappa shape index (κ1) is 11.2. The third-order valence-corrected chi connectivity index (χ3v) is 0.889. The summed E-state index contributed by atoms with van der Waals surface area (Å²) < 4.78 is 13.3. The minimum absolute atomic E-state index is 0.491. The number of Topliss-reactive ketones (excluding diaryl/α,β-unsaturated/α-hetero) is 1. The summed E-state index contributed by atoms with van der Waals surface area (Å²) in [5.41, 5.74) is 0. The number of hydrogen-bond acceptors (Lipinski definition) is 5. The second kappa shape index (κ2) is 4.32. The Morgan fingerprint density at radius 1 is 1.42 bits per heavy atom. The molecule has 0 saturated heterocycles. The van der Waals surface area contributed by atoms with E-state index in [0.717, 1.165) is 6.92 Å². The van der Waals surface area contributed by atoms with Gasteiger partial charge in [-0.15, -0.1) is 0 Å². The minimum Gasteiger partial charge on any atom is -0.301 e. The normalized spacial score (nSPS) is 10.9. The molecule has 0 atom stereocenters. The van der Waals surface area contributed by atoms with Crippen LogP contribution in [0.3, 0.4) is 0 Å². The van der Waals surface area contributed by atoms with Crippen molar-refractivity contribution in [2.75, 3.05) is 0 Å². The lowest BCUT2D eigenvalue weighted by molar-refractivity contribution is -0.222. The van der Waals surface area contributed by atoms with Crippen molar-refractivity contribution in [3.05, 3.63) is 0 Å². The molecule has 12 heavy (non-hydrogen) atoms. The standard InChI is InChI=1S/C4H7O7P/c1-3(5)2-4(6)10-11-12(7,8)9/h2H2,1H3,(H2,7,8,9). The summed E-state index contributed by atoms with van der Waals surface area (Å²) in [6, 6.07) is 0. The van der Waals surface area contributed by atoms with Gasteiger partial charge in [0, 0.05) is 0 Å². The Bertz CT molecular complexity index is 228. The molecule has 0 aromatic rings. The zero-order chi connectivity index (χ0) is 9.78. The Labute approximate surface area is 67.5 Å². The van der Waals surface area contributed by atoms with Gasteiger partial charge in [0.05, 0.1) is 0 Å². The summed E-state index contributed by atoms with van der Waals surface area (Å²) in [4.78, 5) is 40.3. The van der Waals surface area contributed by atoms with Crippen LogP contribution in [-0.2, 0) is 23.7 Å². The van der Waals surface area contributed by atoms with Gasteiger partial charge in [-0.25, -0.2) is 9.36 Å². The van der Waals surface area contributed by atoms with Crippen molar-refractivity contribution < 1.29 is 33.5 Å². The molecule has 0 aromatic carbocycles. The highest BCUT2D eigenvalue weighted by Gasteiger charge is 2.19. The van der Waals surface area contributed by atoms with E-state index in [-0.39, 0.29) is 0 Å². The Morgan fingerprint density at radius 3 is 2.25 bits per heavy atom. The predicted molar refractivity (Wildman–Crippen MR) is 34.5 cm³/mol. The topological polar surface area (TPSA) is 110 Å². The summed E-state index contributed by atoms with van der Waals surface area (Å²) in [5, 5.41) is 0. The lowest BCUT2D eigenvalue weighted by Gasteiger charge is -2.01. The largest absolute Gasteiger partial charge is 0.505 e. The highest BCUT2D eigenvalue weighted by molar-refractivity contribution is 7.46. The molecule has 0 aliphatic heterocycles. The molecule has 2 N–H and O–H groups in total. The predicted octanol–water partition coefficient (Wildman–Crippen LogP) is -0.467. The maximum absolute atomic E-state index is 10.4. The second-order valence-electron chi connectivity index (χ2n) is 1.90. The molecule has 70 valence electrons. The lowest BCUT2D eigenvalue weighted by atomic mass is 10.3. The zero-order valence-electron chi connectivity index (χ0n) is 6.09. The van der Waals surface area contributed by atoms with E-state index in [1.54, 1.807) is 0 Å². The molecule has 7 nitrogen and oxygen atoms in total. The van der Waals surface area contributed by atoms with Crippen LogP contribution in [0.5, 0.6) is 0 Å². The number of phosphoric acid groups is 1. The van der Waals surface area contributed by atoms with Crippen molar-refractivity contribution in [3.8, 4) is 0 Å². The molecule has 0 rings (SSSR count). The van der Waals surface area contributed by atoms with E-state index in [1.165, 1.54) is 0 Å². The first-order valence-corrected chi connectivity index (χ1v) is 4.28. The van der Waals surface area contributed by atoms with Gasteiger partial charge in [-0.05, 0) is 6.92 Å². The van der Waals surface area contributed by atoms with Crippen molar-refractivity contribution in [2.24, 2.45) is 0 Å². The Hall–Kier alpha value is -0.750. The molecule has 0 heterocycles. The van der Waals surface area contributed by atoms with E-state index >= 15 is 0 Å². The van der Waals surface area contributed by atoms with E-state index in [2.05, 4.69) is 9.56 Å². The van der Waals surface area contributed by atoms with Crippen molar-refractivity contribution in [1.29, 1.82) is 0 Å². The van der Waals surface area contributed by atoms with Gasteiger partial charge in [0.2, 0.25) is 0 Å². The van der Waals surface area contributed by atoms with Crippen LogP contribution in [0.1, 0.15) is 13.3 Å². The van der Waals surface area contributed by atoms with Crippen molar-refractivity contribution in [1.82, 2.24) is 0 Å². The molecule has 8 heteroatoms. The summed E-state index contributed by atoms with van der Waals surface area (Å²) in [7, 11) is -4.82. The highest BCUT2D eigenvalue weighted by atomic mass is 31.2. The molecule has 0 amide bonds. The van der Waals surface area contributed by atoms with Crippen LogP contribution in [0, 0.1) is 0 Å². The molecule has 0 aliphatic rings. The van der Waals surface area contributed by atoms with Crippen LogP contribution in [0.4, 0.5) is 0 Å². The number of ketones is 1. The molecule has 0 saturated carbocycles. The van der Waals surface area contributed by atoms with Crippen molar-refractivity contribution in [2.45, 2.75) is 13.3 Å².